The van der Waals surface area contributed by atoms with Crippen molar-refractivity contribution in [3.8, 4) is 0 Å². The van der Waals surface area contributed by atoms with Gasteiger partial charge in [0.15, 0.2) is 0 Å². The molecule has 1 aromatic heterocycles. The van der Waals surface area contributed by atoms with E-state index in [-0.39, 0.29) is 24.2 Å². The van der Waals surface area contributed by atoms with Crippen LogP contribution in [0.5, 0.6) is 0 Å². The molecular formula is C12H19BrN4O4. The zero-order valence-electron chi connectivity index (χ0n) is 12.0. The Hall–Kier alpha value is -1.48. The number of amides is 1. The second-order valence-electron chi connectivity index (χ2n) is 4.69. The average molecular weight is 363 g/mol. The average Bonchev–Trinajstić information content (AvgIpc) is 2.77. The van der Waals surface area contributed by atoms with E-state index in [1.807, 2.05) is 13.8 Å². The minimum absolute atomic E-state index is 0.117. The third-order valence-electron chi connectivity index (χ3n) is 2.53. The highest BCUT2D eigenvalue weighted by Crippen LogP contribution is 2.21. The number of aryl methyl sites for hydroxylation is 1. The van der Waals surface area contributed by atoms with E-state index in [0.717, 1.165) is 6.42 Å². The molecule has 0 aliphatic heterocycles. The maximum Gasteiger partial charge on any atom is 0.404 e. The number of hydrogen-bond donors (Lipinski definition) is 1. The molecule has 8 nitrogen and oxygen atoms in total. The summed E-state index contributed by atoms with van der Waals surface area (Å²) in [7, 11) is 0. The Morgan fingerprint density at radius 2 is 2.33 bits per heavy atom. The van der Waals surface area contributed by atoms with Crippen LogP contribution in [0.2, 0.25) is 0 Å². The molecule has 9 heteroatoms. The lowest BCUT2D eigenvalue weighted by atomic mass is 10.3. The summed E-state index contributed by atoms with van der Waals surface area (Å²) in [5, 5.41) is 17.2. The van der Waals surface area contributed by atoms with Crippen LogP contribution in [0, 0.1) is 10.1 Å². The molecule has 0 fully saturated rings. The topological polar surface area (TPSA) is 99.3 Å². The van der Waals surface area contributed by atoms with Crippen molar-refractivity contribution in [1.82, 2.24) is 15.1 Å². The van der Waals surface area contributed by atoms with Crippen LogP contribution in [-0.4, -0.2) is 39.9 Å². The Balaban J connectivity index is 2.24. The summed E-state index contributed by atoms with van der Waals surface area (Å²) in [5.41, 5.74) is 0. The normalized spacial score (nSPS) is 10.9. The number of halogens is 1. The second kappa shape index (κ2) is 8.73. The Bertz CT molecular complexity index is 490. The van der Waals surface area contributed by atoms with Crippen LogP contribution in [0.15, 0.2) is 10.7 Å². The van der Waals surface area contributed by atoms with Crippen molar-refractivity contribution in [3.05, 3.63) is 20.8 Å². The van der Waals surface area contributed by atoms with Gasteiger partial charge >= 0.3 is 5.82 Å². The van der Waals surface area contributed by atoms with E-state index in [2.05, 4.69) is 26.3 Å². The quantitative estimate of drug-likeness (QED) is 0.410. The standard InChI is InChI=1S/C12H19BrN4O4/c1-9(2)21-7-3-5-14-11(18)4-6-16-8-10(13)12(15-16)17(19)20/h8-9H,3-7H2,1-2H3,(H,14,18). The molecule has 0 radical (unpaired) electrons. The molecule has 0 bridgehead atoms. The van der Waals surface area contributed by atoms with Crippen LogP contribution in [0.4, 0.5) is 5.82 Å². The third-order valence-corrected chi connectivity index (χ3v) is 3.09. The van der Waals surface area contributed by atoms with Gasteiger partial charge in [-0.25, -0.2) is 0 Å². The highest BCUT2D eigenvalue weighted by atomic mass is 79.9. The van der Waals surface area contributed by atoms with Gasteiger partial charge < -0.3 is 20.2 Å². The van der Waals surface area contributed by atoms with Gasteiger partial charge in [-0.05, 0) is 41.1 Å². The van der Waals surface area contributed by atoms with Crippen LogP contribution in [-0.2, 0) is 16.1 Å². The number of nitrogens with zero attached hydrogens (tertiary/aromatic N) is 3. The summed E-state index contributed by atoms with van der Waals surface area (Å²) in [6, 6.07) is 0. The number of nitrogens with one attached hydrogen (secondary N) is 1. The predicted molar refractivity (Wildman–Crippen MR) is 79.9 cm³/mol. The van der Waals surface area contributed by atoms with Crippen LogP contribution in [0.1, 0.15) is 26.7 Å². The molecule has 0 saturated heterocycles. The fraction of sp³-hybridized carbons (Fsp3) is 0.667. The molecule has 1 heterocycles. The van der Waals surface area contributed by atoms with Gasteiger partial charge in [0, 0.05) is 19.6 Å². The molecule has 0 aliphatic carbocycles. The van der Waals surface area contributed by atoms with Crippen molar-refractivity contribution >= 4 is 27.7 Å². The number of hydrogen-bond acceptors (Lipinski definition) is 5. The largest absolute Gasteiger partial charge is 0.404 e. The molecule has 0 spiro atoms. The molecule has 0 atom stereocenters. The van der Waals surface area contributed by atoms with E-state index in [9.17, 15) is 14.9 Å². The van der Waals surface area contributed by atoms with Crippen molar-refractivity contribution in [2.45, 2.75) is 39.3 Å². The number of rotatable bonds is 9. The Morgan fingerprint density at radius 3 is 2.90 bits per heavy atom. The minimum atomic E-state index is -0.574. The van der Waals surface area contributed by atoms with Crippen LogP contribution in [0.3, 0.4) is 0 Å². The lowest BCUT2D eigenvalue weighted by Gasteiger charge is -2.07. The molecule has 0 unspecified atom stereocenters. The van der Waals surface area contributed by atoms with E-state index in [0.29, 0.717) is 24.2 Å². The van der Waals surface area contributed by atoms with Crippen molar-refractivity contribution in [2.75, 3.05) is 13.2 Å². The highest BCUT2D eigenvalue weighted by molar-refractivity contribution is 9.10. The molecule has 118 valence electrons. The van der Waals surface area contributed by atoms with Gasteiger partial charge in [-0.2, -0.15) is 4.68 Å². The zero-order chi connectivity index (χ0) is 15.8. The highest BCUT2D eigenvalue weighted by Gasteiger charge is 2.18. The van der Waals surface area contributed by atoms with Crippen molar-refractivity contribution < 1.29 is 14.5 Å². The fourth-order valence-corrected chi connectivity index (χ4v) is 2.01. The molecule has 1 aromatic rings. The molecule has 21 heavy (non-hydrogen) atoms. The van der Waals surface area contributed by atoms with Crippen molar-refractivity contribution in [1.29, 1.82) is 0 Å². The van der Waals surface area contributed by atoms with Crippen molar-refractivity contribution in [2.24, 2.45) is 0 Å². The van der Waals surface area contributed by atoms with E-state index in [4.69, 9.17) is 4.74 Å². The van der Waals surface area contributed by atoms with E-state index in [1.165, 1.54) is 10.9 Å². The van der Waals surface area contributed by atoms with Gasteiger partial charge in [-0.1, -0.05) is 0 Å². The van der Waals surface area contributed by atoms with Crippen molar-refractivity contribution in [3.63, 3.8) is 0 Å². The Kier molecular flexibility index (Phi) is 7.30. The molecule has 1 N–H and O–H groups in total. The maximum absolute atomic E-state index is 11.6. The monoisotopic (exact) mass is 362 g/mol. The van der Waals surface area contributed by atoms with Gasteiger partial charge in [0.1, 0.15) is 4.47 Å². The Labute approximate surface area is 131 Å². The fourth-order valence-electron chi connectivity index (χ4n) is 1.55. The zero-order valence-corrected chi connectivity index (χ0v) is 13.6. The van der Waals surface area contributed by atoms with Gasteiger partial charge in [0.2, 0.25) is 5.91 Å². The van der Waals surface area contributed by atoms with Gasteiger partial charge in [-0.3, -0.25) is 4.79 Å². The molecular weight excluding hydrogens is 344 g/mol. The third kappa shape index (κ3) is 6.67. The molecule has 0 aliphatic rings. The smallest absolute Gasteiger partial charge is 0.379 e. The lowest BCUT2D eigenvalue weighted by Crippen LogP contribution is -2.26. The van der Waals surface area contributed by atoms with Gasteiger partial charge in [-0.15, -0.1) is 0 Å². The first kappa shape index (κ1) is 17.6. The molecule has 0 saturated carbocycles. The first-order chi connectivity index (χ1) is 9.90. The summed E-state index contributed by atoms with van der Waals surface area (Å²) in [6.45, 7) is 5.37. The number of carbonyl (C=O) groups is 1. The number of carbonyl (C=O) groups excluding carboxylic acids is 1. The summed E-state index contributed by atoms with van der Waals surface area (Å²) < 4.78 is 7.04. The number of nitro groups is 1. The summed E-state index contributed by atoms with van der Waals surface area (Å²) in [6.07, 6.45) is 2.65. The SMILES string of the molecule is CC(C)OCCCNC(=O)CCn1cc(Br)c([N+](=O)[O-])n1. The van der Waals surface area contributed by atoms with E-state index >= 15 is 0 Å². The first-order valence-electron chi connectivity index (χ1n) is 6.65. The summed E-state index contributed by atoms with van der Waals surface area (Å²) >= 11 is 3.06. The first-order valence-corrected chi connectivity index (χ1v) is 7.45. The second-order valence-corrected chi connectivity index (χ2v) is 5.55. The summed E-state index contributed by atoms with van der Waals surface area (Å²) in [4.78, 5) is 21.7. The van der Waals surface area contributed by atoms with Gasteiger partial charge in [0.05, 0.1) is 23.9 Å². The van der Waals surface area contributed by atoms with Crippen LogP contribution in [0.25, 0.3) is 0 Å². The lowest BCUT2D eigenvalue weighted by molar-refractivity contribution is -0.390. The van der Waals surface area contributed by atoms with E-state index in [1.54, 1.807) is 0 Å². The molecule has 1 amide bonds. The molecule has 0 aromatic carbocycles. The van der Waals surface area contributed by atoms with Gasteiger partial charge in [0.25, 0.3) is 0 Å². The Morgan fingerprint density at radius 1 is 1.62 bits per heavy atom. The minimum Gasteiger partial charge on any atom is -0.379 e. The van der Waals surface area contributed by atoms with Crippen LogP contribution >= 0.6 is 15.9 Å². The summed E-state index contributed by atoms with van der Waals surface area (Å²) in [5.74, 6) is -0.366. The van der Waals surface area contributed by atoms with Crippen LogP contribution < -0.4 is 5.32 Å². The number of aromatic nitrogens is 2. The number of ether oxygens (including phenoxy) is 1. The predicted octanol–water partition coefficient (Wildman–Crippen LogP) is 1.88. The van der Waals surface area contributed by atoms with E-state index < -0.39 is 4.92 Å². The maximum atomic E-state index is 11.6. The molecule has 1 rings (SSSR count).